The van der Waals surface area contributed by atoms with Gasteiger partial charge in [-0.25, -0.2) is 19.2 Å². The summed E-state index contributed by atoms with van der Waals surface area (Å²) in [5.74, 6) is -3.98. The van der Waals surface area contributed by atoms with E-state index in [1.807, 2.05) is 0 Å². The van der Waals surface area contributed by atoms with E-state index in [0.29, 0.717) is 10.9 Å². The van der Waals surface area contributed by atoms with Gasteiger partial charge in [0.15, 0.2) is 0 Å². The Morgan fingerprint density at radius 1 is 0.700 bits per heavy atom. The number of aromatic amines is 1. The summed E-state index contributed by atoms with van der Waals surface area (Å²) in [4.78, 5) is 53.8. The van der Waals surface area contributed by atoms with Crippen molar-refractivity contribution in [2.24, 2.45) is 0 Å². The molecule has 0 fully saturated rings. The number of hydrogen-bond acceptors (Lipinski definition) is 8. The van der Waals surface area contributed by atoms with Crippen LogP contribution >= 0.6 is 11.6 Å². The molecule has 0 amide bonds. The molecule has 0 bridgehead atoms. The number of carbonyl (C=O) groups is 4. The minimum atomic E-state index is -1.05. The third-order valence-corrected chi connectivity index (χ3v) is 4.90. The quantitative estimate of drug-likeness (QED) is 0.492. The molecule has 1 N–H and O–H groups in total. The summed E-state index contributed by atoms with van der Waals surface area (Å²) in [6.07, 6.45) is 0. The smallest absolute Gasteiger partial charge is 0.340 e. The number of halogens is 1. The highest BCUT2D eigenvalue weighted by Gasteiger charge is 2.37. The summed E-state index contributed by atoms with van der Waals surface area (Å²) in [6.45, 7) is 0. The fourth-order valence-corrected chi connectivity index (χ4v) is 3.64. The van der Waals surface area contributed by atoms with Crippen molar-refractivity contribution in [3.05, 3.63) is 45.5 Å². The molecule has 3 aromatic rings. The van der Waals surface area contributed by atoms with Crippen LogP contribution < -0.4 is 0 Å². The second-order valence-electron chi connectivity index (χ2n) is 6.00. The monoisotopic (exact) mass is 433 g/mol. The van der Waals surface area contributed by atoms with Gasteiger partial charge in [0.2, 0.25) is 0 Å². The van der Waals surface area contributed by atoms with Crippen molar-refractivity contribution < 1.29 is 38.1 Å². The predicted molar refractivity (Wildman–Crippen MR) is 106 cm³/mol. The Balaban J connectivity index is 2.78. The van der Waals surface area contributed by atoms with Gasteiger partial charge in [-0.05, 0) is 12.1 Å². The number of H-pyrrole nitrogens is 1. The Bertz CT molecular complexity index is 1230. The zero-order valence-corrected chi connectivity index (χ0v) is 17.1. The summed E-state index contributed by atoms with van der Waals surface area (Å²) < 4.78 is 19.3. The van der Waals surface area contributed by atoms with Crippen LogP contribution in [0.15, 0.2) is 18.2 Å². The molecule has 0 aliphatic carbocycles. The third-order valence-electron chi connectivity index (χ3n) is 4.58. The normalized spacial score (nSPS) is 10.7. The summed E-state index contributed by atoms with van der Waals surface area (Å²) in [5.41, 5.74) is -1.09. The molecule has 0 spiro atoms. The SMILES string of the molecule is COC(=O)c1c(C(=O)OC)c(C(=O)OC)c2c([nH]c3cccc(Cl)c32)c1C(=O)OC. The second kappa shape index (κ2) is 8.03. The van der Waals surface area contributed by atoms with Gasteiger partial charge in [-0.15, -0.1) is 0 Å². The van der Waals surface area contributed by atoms with Crippen LogP contribution in [-0.2, 0) is 18.9 Å². The highest BCUT2D eigenvalue weighted by Crippen LogP contribution is 2.40. The highest BCUT2D eigenvalue weighted by molar-refractivity contribution is 6.40. The van der Waals surface area contributed by atoms with Gasteiger partial charge in [-0.2, -0.15) is 0 Å². The Morgan fingerprint density at radius 3 is 1.70 bits per heavy atom. The molecule has 0 aliphatic rings. The van der Waals surface area contributed by atoms with Crippen molar-refractivity contribution in [2.75, 3.05) is 28.4 Å². The van der Waals surface area contributed by atoms with Crippen LogP contribution in [0.25, 0.3) is 21.8 Å². The maximum atomic E-state index is 12.8. The van der Waals surface area contributed by atoms with Gasteiger partial charge in [0.1, 0.15) is 0 Å². The molecule has 0 unspecified atom stereocenters. The zero-order valence-electron chi connectivity index (χ0n) is 16.4. The Labute approximate surface area is 174 Å². The Hall–Kier alpha value is -3.59. The van der Waals surface area contributed by atoms with Gasteiger partial charge in [-0.3, -0.25) is 0 Å². The molecule has 0 saturated heterocycles. The number of rotatable bonds is 4. The molecule has 1 aromatic heterocycles. The first-order valence-corrected chi connectivity index (χ1v) is 8.83. The molecule has 3 rings (SSSR count). The van der Waals surface area contributed by atoms with Crippen LogP contribution in [0.5, 0.6) is 0 Å². The summed E-state index contributed by atoms with van der Waals surface area (Å²) in [5, 5.41) is 0.693. The predicted octanol–water partition coefficient (Wildman–Crippen LogP) is 3.12. The minimum absolute atomic E-state index is 0.0541. The van der Waals surface area contributed by atoms with Crippen LogP contribution in [0, 0.1) is 0 Å². The number of hydrogen-bond donors (Lipinski definition) is 1. The first-order chi connectivity index (χ1) is 14.3. The van der Waals surface area contributed by atoms with E-state index in [2.05, 4.69) is 4.98 Å². The van der Waals surface area contributed by atoms with Gasteiger partial charge in [0.05, 0.1) is 61.2 Å². The van der Waals surface area contributed by atoms with Crippen molar-refractivity contribution >= 4 is 57.3 Å². The molecule has 156 valence electrons. The number of methoxy groups -OCH3 is 4. The third kappa shape index (κ3) is 3.03. The van der Waals surface area contributed by atoms with Crippen molar-refractivity contribution in [3.8, 4) is 0 Å². The maximum absolute atomic E-state index is 12.8. The largest absolute Gasteiger partial charge is 0.465 e. The van der Waals surface area contributed by atoms with E-state index in [0.717, 1.165) is 28.4 Å². The first kappa shape index (κ1) is 21.1. The molecular formula is C20H16ClNO8. The molecular weight excluding hydrogens is 418 g/mol. The lowest BCUT2D eigenvalue weighted by Crippen LogP contribution is -2.23. The Morgan fingerprint density at radius 2 is 1.17 bits per heavy atom. The highest BCUT2D eigenvalue weighted by atomic mass is 35.5. The van der Waals surface area contributed by atoms with E-state index >= 15 is 0 Å². The number of fused-ring (bicyclic) bond motifs is 3. The lowest BCUT2D eigenvalue weighted by molar-refractivity contribution is 0.0523. The lowest BCUT2D eigenvalue weighted by Gasteiger charge is -2.16. The van der Waals surface area contributed by atoms with Crippen LogP contribution in [0.3, 0.4) is 0 Å². The number of benzene rings is 2. The number of aromatic nitrogens is 1. The zero-order chi connectivity index (χ0) is 22.2. The molecule has 10 heteroatoms. The van der Waals surface area contributed by atoms with E-state index in [1.54, 1.807) is 18.2 Å². The summed E-state index contributed by atoms with van der Waals surface area (Å²) in [7, 11) is 4.35. The van der Waals surface area contributed by atoms with Gasteiger partial charge >= 0.3 is 23.9 Å². The standard InChI is InChI=1S/C20H16ClNO8/c1-27-17(23)12-11-10-8(21)6-5-7-9(10)22-16(11)15(20(26)30-4)14(19(25)29-3)13(12)18(24)28-2/h5-7,22H,1-4H3. The number of nitrogens with one attached hydrogen (secondary N) is 1. The van der Waals surface area contributed by atoms with Gasteiger partial charge in [0.25, 0.3) is 0 Å². The average Bonchev–Trinajstić information content (AvgIpc) is 3.15. The summed E-state index contributed by atoms with van der Waals surface area (Å²) in [6, 6.07) is 4.87. The molecule has 9 nitrogen and oxygen atoms in total. The van der Waals surface area contributed by atoms with Gasteiger partial charge in [0, 0.05) is 16.3 Å². The molecule has 0 saturated carbocycles. The lowest BCUT2D eigenvalue weighted by atomic mass is 9.90. The number of carbonyl (C=O) groups excluding carboxylic acids is 4. The molecule has 30 heavy (non-hydrogen) atoms. The second-order valence-corrected chi connectivity index (χ2v) is 6.41. The van der Waals surface area contributed by atoms with Gasteiger partial charge in [-0.1, -0.05) is 17.7 Å². The fourth-order valence-electron chi connectivity index (χ4n) is 3.37. The van der Waals surface area contributed by atoms with E-state index in [9.17, 15) is 19.2 Å². The van der Waals surface area contributed by atoms with Crippen LogP contribution in [0.4, 0.5) is 0 Å². The van der Waals surface area contributed by atoms with Crippen LogP contribution in [-0.4, -0.2) is 57.3 Å². The van der Waals surface area contributed by atoms with Crippen molar-refractivity contribution in [2.45, 2.75) is 0 Å². The fraction of sp³-hybridized carbons (Fsp3) is 0.200. The molecule has 0 atom stereocenters. The molecule has 2 aromatic carbocycles. The summed E-state index contributed by atoms with van der Waals surface area (Å²) >= 11 is 6.36. The van der Waals surface area contributed by atoms with E-state index in [-0.39, 0.29) is 27.1 Å². The molecule has 0 radical (unpaired) electrons. The van der Waals surface area contributed by atoms with E-state index in [1.165, 1.54) is 0 Å². The van der Waals surface area contributed by atoms with Crippen molar-refractivity contribution in [1.82, 2.24) is 4.98 Å². The average molecular weight is 434 g/mol. The molecule has 0 aliphatic heterocycles. The topological polar surface area (TPSA) is 121 Å². The molecule has 1 heterocycles. The van der Waals surface area contributed by atoms with E-state index < -0.39 is 35.0 Å². The Kier molecular flexibility index (Phi) is 5.66. The van der Waals surface area contributed by atoms with E-state index in [4.69, 9.17) is 30.5 Å². The van der Waals surface area contributed by atoms with Gasteiger partial charge < -0.3 is 23.9 Å². The first-order valence-electron chi connectivity index (χ1n) is 8.45. The maximum Gasteiger partial charge on any atom is 0.340 e. The van der Waals surface area contributed by atoms with Crippen molar-refractivity contribution in [1.29, 1.82) is 0 Å². The van der Waals surface area contributed by atoms with Crippen molar-refractivity contribution in [3.63, 3.8) is 0 Å². The number of esters is 4. The van der Waals surface area contributed by atoms with Crippen LogP contribution in [0.1, 0.15) is 41.4 Å². The number of ether oxygens (including phenoxy) is 4. The minimum Gasteiger partial charge on any atom is -0.465 e. The van der Waals surface area contributed by atoms with Crippen LogP contribution in [0.2, 0.25) is 5.02 Å².